The van der Waals surface area contributed by atoms with Crippen molar-refractivity contribution < 1.29 is 14.3 Å². The Morgan fingerprint density at radius 3 is 1.96 bits per heavy atom. The first-order valence-electron chi connectivity index (χ1n) is 9.17. The van der Waals surface area contributed by atoms with Crippen molar-refractivity contribution in [2.24, 2.45) is 5.73 Å². The van der Waals surface area contributed by atoms with Crippen molar-refractivity contribution in [1.82, 2.24) is 9.80 Å². The highest BCUT2D eigenvalue weighted by Gasteiger charge is 2.27. The molecule has 0 aromatic heterocycles. The van der Waals surface area contributed by atoms with E-state index in [1.165, 1.54) is 0 Å². The Labute approximate surface area is 159 Å². The average Bonchev–Trinajstić information content (AvgIpc) is 2.73. The van der Waals surface area contributed by atoms with E-state index in [4.69, 9.17) is 10.5 Å². The number of hydrogen-bond acceptors (Lipinski definition) is 4. The number of nitrogens with two attached hydrogens (primary N) is 1. The van der Waals surface area contributed by atoms with E-state index < -0.39 is 6.04 Å². The predicted molar refractivity (Wildman–Crippen MR) is 103 cm³/mol. The van der Waals surface area contributed by atoms with Crippen LogP contribution < -0.4 is 5.73 Å². The zero-order valence-corrected chi connectivity index (χ0v) is 15.3. The van der Waals surface area contributed by atoms with Gasteiger partial charge in [0.15, 0.2) is 0 Å². The lowest BCUT2D eigenvalue weighted by molar-refractivity contribution is -0.134. The molecule has 1 aliphatic heterocycles. The van der Waals surface area contributed by atoms with Crippen LogP contribution in [0.3, 0.4) is 0 Å². The minimum atomic E-state index is -0.566. The van der Waals surface area contributed by atoms with Crippen LogP contribution in [0.5, 0.6) is 0 Å². The second kappa shape index (κ2) is 9.19. The first-order chi connectivity index (χ1) is 13.1. The van der Waals surface area contributed by atoms with E-state index in [1.807, 2.05) is 60.7 Å². The number of carbonyl (C=O) groups is 2. The van der Waals surface area contributed by atoms with Crippen LogP contribution in [0.2, 0.25) is 0 Å². The molecule has 0 bridgehead atoms. The van der Waals surface area contributed by atoms with Gasteiger partial charge in [0.1, 0.15) is 6.61 Å². The minimum Gasteiger partial charge on any atom is -0.445 e. The Balaban J connectivity index is 1.43. The molecule has 1 fully saturated rings. The Bertz CT molecular complexity index is 744. The van der Waals surface area contributed by atoms with Crippen LogP contribution in [-0.2, 0) is 22.6 Å². The van der Waals surface area contributed by atoms with Crippen LogP contribution in [-0.4, -0.2) is 54.0 Å². The number of benzene rings is 2. The van der Waals surface area contributed by atoms with Crippen molar-refractivity contribution in [2.75, 3.05) is 26.2 Å². The highest BCUT2D eigenvalue weighted by Crippen LogP contribution is 2.10. The number of nitrogens with zero attached hydrogens (tertiary/aromatic N) is 2. The third-order valence-electron chi connectivity index (χ3n) is 4.67. The van der Waals surface area contributed by atoms with Gasteiger partial charge in [-0.2, -0.15) is 0 Å². The molecule has 0 unspecified atom stereocenters. The predicted octanol–water partition coefficient (Wildman–Crippen LogP) is 2.04. The summed E-state index contributed by atoms with van der Waals surface area (Å²) in [7, 11) is 0. The van der Waals surface area contributed by atoms with Crippen LogP contribution in [0, 0.1) is 0 Å². The van der Waals surface area contributed by atoms with Gasteiger partial charge in [0, 0.05) is 26.2 Å². The largest absolute Gasteiger partial charge is 0.445 e. The van der Waals surface area contributed by atoms with E-state index in [2.05, 4.69) is 0 Å². The third-order valence-corrected chi connectivity index (χ3v) is 4.67. The molecule has 0 saturated carbocycles. The Morgan fingerprint density at radius 2 is 1.37 bits per heavy atom. The fraction of sp³-hybridized carbons (Fsp3) is 0.333. The van der Waals surface area contributed by atoms with Gasteiger partial charge < -0.3 is 20.3 Å². The molecule has 6 heteroatoms. The maximum atomic E-state index is 12.6. The molecule has 0 radical (unpaired) electrons. The lowest BCUT2D eigenvalue weighted by Crippen LogP contribution is -2.54. The number of hydrogen-bond donors (Lipinski definition) is 1. The van der Waals surface area contributed by atoms with Crippen LogP contribution >= 0.6 is 0 Å². The zero-order valence-electron chi connectivity index (χ0n) is 15.3. The van der Waals surface area contributed by atoms with E-state index in [1.54, 1.807) is 9.80 Å². The molecule has 2 aromatic carbocycles. The molecule has 1 aliphatic rings. The Hall–Kier alpha value is -2.86. The second-order valence-corrected chi connectivity index (χ2v) is 6.65. The molecule has 2 N–H and O–H groups in total. The maximum absolute atomic E-state index is 12.6. The maximum Gasteiger partial charge on any atom is 0.410 e. The fourth-order valence-corrected chi connectivity index (χ4v) is 3.11. The highest BCUT2D eigenvalue weighted by molar-refractivity contribution is 5.82. The summed E-state index contributed by atoms with van der Waals surface area (Å²) in [4.78, 5) is 28.1. The topological polar surface area (TPSA) is 75.9 Å². The molecule has 3 rings (SSSR count). The van der Waals surface area contributed by atoms with Crippen molar-refractivity contribution in [1.29, 1.82) is 0 Å². The molecular weight excluding hydrogens is 342 g/mol. The van der Waals surface area contributed by atoms with Crippen molar-refractivity contribution in [3.8, 4) is 0 Å². The van der Waals surface area contributed by atoms with Gasteiger partial charge >= 0.3 is 6.09 Å². The van der Waals surface area contributed by atoms with Gasteiger partial charge in [-0.05, 0) is 17.5 Å². The molecule has 1 atom stereocenters. The summed E-state index contributed by atoms with van der Waals surface area (Å²) in [6.07, 6.45) is 0.165. The van der Waals surface area contributed by atoms with Crippen LogP contribution in [0.4, 0.5) is 4.79 Å². The summed E-state index contributed by atoms with van der Waals surface area (Å²) >= 11 is 0. The van der Waals surface area contributed by atoms with E-state index in [-0.39, 0.29) is 18.6 Å². The van der Waals surface area contributed by atoms with Gasteiger partial charge in [0.05, 0.1) is 6.04 Å². The molecule has 1 heterocycles. The Kier molecular flexibility index (Phi) is 6.44. The first kappa shape index (κ1) is 18.9. The quantitative estimate of drug-likeness (QED) is 0.877. The van der Waals surface area contributed by atoms with Gasteiger partial charge in [-0.25, -0.2) is 4.79 Å². The van der Waals surface area contributed by atoms with Crippen LogP contribution in [0.25, 0.3) is 0 Å². The molecule has 1 saturated heterocycles. The molecule has 0 aliphatic carbocycles. The van der Waals surface area contributed by atoms with Crippen molar-refractivity contribution in [3.63, 3.8) is 0 Å². The number of amides is 2. The number of piperazine rings is 1. The van der Waals surface area contributed by atoms with E-state index in [9.17, 15) is 9.59 Å². The summed E-state index contributed by atoms with van der Waals surface area (Å²) < 4.78 is 5.35. The summed E-state index contributed by atoms with van der Waals surface area (Å²) in [5.74, 6) is -0.0730. The van der Waals surface area contributed by atoms with Gasteiger partial charge in [-0.1, -0.05) is 60.7 Å². The average molecular weight is 367 g/mol. The molecule has 2 amide bonds. The summed E-state index contributed by atoms with van der Waals surface area (Å²) in [6, 6.07) is 18.7. The smallest absolute Gasteiger partial charge is 0.410 e. The third kappa shape index (κ3) is 5.31. The van der Waals surface area contributed by atoms with Gasteiger partial charge in [-0.3, -0.25) is 4.79 Å². The first-order valence-corrected chi connectivity index (χ1v) is 9.17. The second-order valence-electron chi connectivity index (χ2n) is 6.65. The lowest BCUT2D eigenvalue weighted by atomic mass is 10.1. The summed E-state index contributed by atoms with van der Waals surface area (Å²) in [5, 5.41) is 0. The van der Waals surface area contributed by atoms with Crippen molar-refractivity contribution >= 4 is 12.0 Å². The standard InChI is InChI=1S/C21H25N3O3/c22-19(15-17-7-3-1-4-8-17)20(25)23-11-13-24(14-12-23)21(26)27-16-18-9-5-2-6-10-18/h1-10,19H,11-16,22H2/t19-/m0/s1. The van der Waals surface area contributed by atoms with Gasteiger partial charge in [0.2, 0.25) is 5.91 Å². The monoisotopic (exact) mass is 367 g/mol. The van der Waals surface area contributed by atoms with Gasteiger partial charge in [-0.15, -0.1) is 0 Å². The number of ether oxygens (including phenoxy) is 1. The van der Waals surface area contributed by atoms with E-state index >= 15 is 0 Å². The van der Waals surface area contributed by atoms with Crippen molar-refractivity contribution in [2.45, 2.75) is 19.1 Å². The SMILES string of the molecule is N[C@@H](Cc1ccccc1)C(=O)N1CCN(C(=O)OCc2ccccc2)CC1. The van der Waals surface area contributed by atoms with Crippen LogP contribution in [0.1, 0.15) is 11.1 Å². The minimum absolute atomic E-state index is 0.0730. The zero-order chi connectivity index (χ0) is 19.1. The molecule has 27 heavy (non-hydrogen) atoms. The number of carbonyl (C=O) groups excluding carboxylic acids is 2. The summed E-state index contributed by atoms with van der Waals surface area (Å²) in [6.45, 7) is 2.11. The molecule has 142 valence electrons. The normalized spacial score (nSPS) is 15.3. The number of rotatable bonds is 5. The van der Waals surface area contributed by atoms with E-state index in [0.717, 1.165) is 11.1 Å². The lowest BCUT2D eigenvalue weighted by Gasteiger charge is -2.35. The molecule has 6 nitrogen and oxygen atoms in total. The highest BCUT2D eigenvalue weighted by atomic mass is 16.6. The molecule has 0 spiro atoms. The van der Waals surface area contributed by atoms with Crippen molar-refractivity contribution in [3.05, 3.63) is 71.8 Å². The summed E-state index contributed by atoms with van der Waals surface area (Å²) in [5.41, 5.74) is 8.08. The van der Waals surface area contributed by atoms with Gasteiger partial charge in [0.25, 0.3) is 0 Å². The Morgan fingerprint density at radius 1 is 0.852 bits per heavy atom. The molecule has 2 aromatic rings. The van der Waals surface area contributed by atoms with Crippen LogP contribution in [0.15, 0.2) is 60.7 Å². The fourth-order valence-electron chi connectivity index (χ4n) is 3.11. The van der Waals surface area contributed by atoms with E-state index in [0.29, 0.717) is 32.6 Å². The molecular formula is C21H25N3O3.